The number of aromatic nitrogens is 2. The SMILES string of the molecule is Nc1ccc(S(=O)(=O)NCc2ncc[nH]2)c2ccccc12. The molecule has 21 heavy (non-hydrogen) atoms. The van der Waals surface area contributed by atoms with Gasteiger partial charge in [0.25, 0.3) is 0 Å². The molecule has 108 valence electrons. The van der Waals surface area contributed by atoms with E-state index in [0.29, 0.717) is 16.9 Å². The van der Waals surface area contributed by atoms with Gasteiger partial charge in [-0.2, -0.15) is 0 Å². The van der Waals surface area contributed by atoms with Gasteiger partial charge >= 0.3 is 0 Å². The summed E-state index contributed by atoms with van der Waals surface area (Å²) in [6, 6.07) is 10.3. The molecule has 0 amide bonds. The average molecular weight is 302 g/mol. The lowest BCUT2D eigenvalue weighted by Crippen LogP contribution is -2.24. The van der Waals surface area contributed by atoms with Crippen molar-refractivity contribution >= 4 is 26.5 Å². The first-order chi connectivity index (χ1) is 10.1. The number of nitrogens with two attached hydrogens (primary N) is 1. The molecular weight excluding hydrogens is 288 g/mol. The summed E-state index contributed by atoms with van der Waals surface area (Å²) in [5, 5.41) is 1.32. The van der Waals surface area contributed by atoms with Crippen LogP contribution in [0.15, 0.2) is 53.7 Å². The molecule has 0 saturated heterocycles. The molecule has 0 radical (unpaired) electrons. The Balaban J connectivity index is 2.01. The summed E-state index contributed by atoms with van der Waals surface area (Å²) in [5.41, 5.74) is 6.44. The van der Waals surface area contributed by atoms with Gasteiger partial charge in [0.1, 0.15) is 5.82 Å². The highest BCUT2D eigenvalue weighted by Crippen LogP contribution is 2.27. The normalized spacial score (nSPS) is 11.8. The average Bonchev–Trinajstić information content (AvgIpc) is 2.99. The van der Waals surface area contributed by atoms with E-state index in [1.807, 2.05) is 6.07 Å². The van der Waals surface area contributed by atoms with E-state index in [4.69, 9.17) is 5.73 Å². The number of nitrogens with one attached hydrogen (secondary N) is 2. The van der Waals surface area contributed by atoms with Crippen LogP contribution in [0.4, 0.5) is 5.69 Å². The highest BCUT2D eigenvalue weighted by atomic mass is 32.2. The second-order valence-electron chi connectivity index (χ2n) is 4.56. The molecule has 0 bridgehead atoms. The molecule has 0 unspecified atom stereocenters. The monoisotopic (exact) mass is 302 g/mol. The van der Waals surface area contributed by atoms with Crippen LogP contribution in [0, 0.1) is 0 Å². The van der Waals surface area contributed by atoms with Crippen LogP contribution in [0.25, 0.3) is 10.8 Å². The van der Waals surface area contributed by atoms with Crippen molar-refractivity contribution in [3.8, 4) is 0 Å². The number of fused-ring (bicyclic) bond motifs is 1. The first-order valence-corrected chi connectivity index (χ1v) is 7.81. The minimum absolute atomic E-state index is 0.105. The molecule has 3 rings (SSSR count). The molecule has 0 fully saturated rings. The molecule has 0 spiro atoms. The van der Waals surface area contributed by atoms with Crippen LogP contribution >= 0.6 is 0 Å². The molecule has 0 aliphatic heterocycles. The van der Waals surface area contributed by atoms with Crippen molar-refractivity contribution in [2.45, 2.75) is 11.4 Å². The van der Waals surface area contributed by atoms with Crippen molar-refractivity contribution in [2.75, 3.05) is 5.73 Å². The Morgan fingerprint density at radius 1 is 1.14 bits per heavy atom. The number of aromatic amines is 1. The third kappa shape index (κ3) is 2.61. The number of sulfonamides is 1. The highest BCUT2D eigenvalue weighted by Gasteiger charge is 2.18. The van der Waals surface area contributed by atoms with Gasteiger partial charge in [-0.1, -0.05) is 24.3 Å². The van der Waals surface area contributed by atoms with E-state index in [1.54, 1.807) is 36.7 Å². The summed E-state index contributed by atoms with van der Waals surface area (Å²) in [5.74, 6) is 0.554. The Hall–Kier alpha value is -2.38. The minimum Gasteiger partial charge on any atom is -0.398 e. The first kappa shape index (κ1) is 13.6. The lowest BCUT2D eigenvalue weighted by molar-refractivity contribution is 0.580. The molecule has 1 heterocycles. The number of hydrogen-bond acceptors (Lipinski definition) is 4. The van der Waals surface area contributed by atoms with Crippen LogP contribution in [0.3, 0.4) is 0 Å². The third-order valence-corrected chi connectivity index (χ3v) is 4.65. The quantitative estimate of drug-likeness (QED) is 0.637. The van der Waals surface area contributed by atoms with Crippen LogP contribution in [0.1, 0.15) is 5.82 Å². The zero-order valence-corrected chi connectivity index (χ0v) is 11.9. The van der Waals surface area contributed by atoms with Crippen molar-refractivity contribution in [3.05, 3.63) is 54.6 Å². The van der Waals surface area contributed by atoms with E-state index < -0.39 is 10.0 Å². The Morgan fingerprint density at radius 2 is 1.90 bits per heavy atom. The van der Waals surface area contributed by atoms with Gasteiger partial charge in [0.15, 0.2) is 0 Å². The van der Waals surface area contributed by atoms with E-state index in [1.165, 1.54) is 6.07 Å². The van der Waals surface area contributed by atoms with Crippen LogP contribution in [-0.4, -0.2) is 18.4 Å². The van der Waals surface area contributed by atoms with E-state index in [0.717, 1.165) is 5.39 Å². The van der Waals surface area contributed by atoms with Crippen molar-refractivity contribution in [1.29, 1.82) is 0 Å². The lowest BCUT2D eigenvalue weighted by Gasteiger charge is -2.10. The number of benzene rings is 2. The summed E-state index contributed by atoms with van der Waals surface area (Å²) in [4.78, 5) is 7.04. The maximum Gasteiger partial charge on any atom is 0.241 e. The molecule has 2 aromatic carbocycles. The number of H-pyrrole nitrogens is 1. The standard InChI is InChI=1S/C14H14N4O2S/c15-12-5-6-13(11-4-2-1-3-10(11)12)21(19,20)18-9-14-16-7-8-17-14/h1-8,18H,9,15H2,(H,16,17). The maximum absolute atomic E-state index is 12.5. The summed E-state index contributed by atoms with van der Waals surface area (Å²) < 4.78 is 27.4. The lowest BCUT2D eigenvalue weighted by atomic mass is 10.1. The van der Waals surface area contributed by atoms with Crippen LogP contribution in [-0.2, 0) is 16.6 Å². The Labute approximate surface area is 122 Å². The second kappa shape index (κ2) is 5.19. The van der Waals surface area contributed by atoms with Gasteiger partial charge in [-0.3, -0.25) is 0 Å². The predicted octanol–water partition coefficient (Wildman–Crippen LogP) is 1.62. The van der Waals surface area contributed by atoms with Crippen LogP contribution in [0.2, 0.25) is 0 Å². The summed E-state index contributed by atoms with van der Waals surface area (Å²) in [7, 11) is -3.65. The molecule has 3 aromatic rings. The van der Waals surface area contributed by atoms with Crippen LogP contribution in [0.5, 0.6) is 0 Å². The topological polar surface area (TPSA) is 101 Å². The van der Waals surface area contributed by atoms with E-state index in [9.17, 15) is 8.42 Å². The third-order valence-electron chi connectivity index (χ3n) is 3.19. The number of anilines is 1. The van der Waals surface area contributed by atoms with Gasteiger partial charge < -0.3 is 10.7 Å². The predicted molar refractivity (Wildman–Crippen MR) is 81.0 cm³/mol. The Kier molecular flexibility index (Phi) is 3.36. The summed E-state index contributed by atoms with van der Waals surface area (Å²) >= 11 is 0. The van der Waals surface area contributed by atoms with Gasteiger partial charge in [-0.25, -0.2) is 18.1 Å². The number of nitrogens with zero attached hydrogens (tertiary/aromatic N) is 1. The van der Waals surface area contributed by atoms with E-state index >= 15 is 0 Å². The summed E-state index contributed by atoms with van der Waals surface area (Å²) in [6.07, 6.45) is 3.21. The molecule has 6 nitrogen and oxygen atoms in total. The van der Waals surface area contributed by atoms with Crippen LogP contribution < -0.4 is 10.5 Å². The van der Waals surface area contributed by atoms with Gasteiger partial charge in [0.2, 0.25) is 10.0 Å². The fourth-order valence-corrected chi connectivity index (χ4v) is 3.36. The van der Waals surface area contributed by atoms with Crippen molar-refractivity contribution < 1.29 is 8.42 Å². The molecular formula is C14H14N4O2S. The van der Waals surface area contributed by atoms with E-state index in [-0.39, 0.29) is 11.4 Å². The van der Waals surface area contributed by atoms with Crippen molar-refractivity contribution in [2.24, 2.45) is 0 Å². The maximum atomic E-state index is 12.5. The molecule has 0 aliphatic rings. The number of imidazole rings is 1. The molecule has 0 aliphatic carbocycles. The fourth-order valence-electron chi connectivity index (χ4n) is 2.16. The number of rotatable bonds is 4. The summed E-state index contributed by atoms with van der Waals surface area (Å²) in [6.45, 7) is 0.105. The fraction of sp³-hybridized carbons (Fsp3) is 0.0714. The molecule has 0 saturated carbocycles. The van der Waals surface area contributed by atoms with Crippen molar-refractivity contribution in [3.63, 3.8) is 0 Å². The van der Waals surface area contributed by atoms with Gasteiger partial charge in [-0.15, -0.1) is 0 Å². The van der Waals surface area contributed by atoms with Crippen molar-refractivity contribution in [1.82, 2.24) is 14.7 Å². The molecule has 4 N–H and O–H groups in total. The Bertz CT molecular complexity index is 873. The zero-order valence-electron chi connectivity index (χ0n) is 11.1. The van der Waals surface area contributed by atoms with Gasteiger partial charge in [-0.05, 0) is 12.1 Å². The van der Waals surface area contributed by atoms with E-state index in [2.05, 4.69) is 14.7 Å². The minimum atomic E-state index is -3.65. The first-order valence-electron chi connectivity index (χ1n) is 6.33. The number of hydrogen-bond donors (Lipinski definition) is 3. The Morgan fingerprint density at radius 3 is 2.62 bits per heavy atom. The molecule has 7 heteroatoms. The van der Waals surface area contributed by atoms with Gasteiger partial charge in [0, 0.05) is 28.9 Å². The molecule has 0 atom stereocenters. The number of nitrogen functional groups attached to an aromatic ring is 1. The zero-order chi connectivity index (χ0) is 14.9. The molecule has 1 aromatic heterocycles. The smallest absolute Gasteiger partial charge is 0.241 e. The largest absolute Gasteiger partial charge is 0.398 e. The van der Waals surface area contributed by atoms with Gasteiger partial charge in [0.05, 0.1) is 11.4 Å². The second-order valence-corrected chi connectivity index (χ2v) is 6.29. The highest BCUT2D eigenvalue weighted by molar-refractivity contribution is 7.89.